The molecule has 1 heterocycles. The van der Waals surface area contributed by atoms with Crippen LogP contribution >= 0.6 is 11.6 Å². The van der Waals surface area contributed by atoms with Crippen molar-refractivity contribution in [3.8, 4) is 0 Å². The molecule has 0 N–H and O–H groups in total. The molecule has 0 spiro atoms. The first kappa shape index (κ1) is 12.9. The van der Waals surface area contributed by atoms with Gasteiger partial charge in [-0.2, -0.15) is 0 Å². The number of carbonyl (C=O) groups is 1. The summed E-state index contributed by atoms with van der Waals surface area (Å²) in [4.78, 5) is 13.7. The number of benzene rings is 1. The second-order valence-electron chi connectivity index (χ2n) is 4.20. The van der Waals surface area contributed by atoms with Crippen LogP contribution in [0.15, 0.2) is 47.1 Å². The summed E-state index contributed by atoms with van der Waals surface area (Å²) in [5.74, 6) is 0.384. The highest BCUT2D eigenvalue weighted by Gasteiger charge is 2.11. The number of ketones is 1. The van der Waals surface area contributed by atoms with Gasteiger partial charge in [0.2, 0.25) is 5.78 Å². The van der Waals surface area contributed by atoms with Crippen molar-refractivity contribution in [1.82, 2.24) is 4.90 Å². The van der Waals surface area contributed by atoms with Crippen molar-refractivity contribution in [3.05, 3.63) is 59.0 Å². The fourth-order valence-electron chi connectivity index (χ4n) is 1.72. The fourth-order valence-corrected chi connectivity index (χ4v) is 1.84. The summed E-state index contributed by atoms with van der Waals surface area (Å²) in [6, 6.07) is 11.0. The summed E-state index contributed by atoms with van der Waals surface area (Å²) in [5.41, 5.74) is 1.12. The van der Waals surface area contributed by atoms with Crippen LogP contribution in [0.25, 0.3) is 0 Å². The van der Waals surface area contributed by atoms with Gasteiger partial charge in [-0.1, -0.05) is 23.7 Å². The van der Waals surface area contributed by atoms with Crippen molar-refractivity contribution in [2.45, 2.75) is 6.54 Å². The highest BCUT2D eigenvalue weighted by atomic mass is 35.5. The van der Waals surface area contributed by atoms with E-state index in [9.17, 15) is 4.79 Å². The highest BCUT2D eigenvalue weighted by Crippen LogP contribution is 2.11. The predicted molar refractivity (Wildman–Crippen MR) is 70.8 cm³/mol. The molecule has 0 unspecified atom stereocenters. The lowest BCUT2D eigenvalue weighted by Gasteiger charge is -2.15. The van der Waals surface area contributed by atoms with Gasteiger partial charge >= 0.3 is 0 Å². The van der Waals surface area contributed by atoms with Crippen molar-refractivity contribution in [2.24, 2.45) is 0 Å². The van der Waals surface area contributed by atoms with Crippen LogP contribution < -0.4 is 0 Å². The monoisotopic (exact) mass is 263 g/mol. The molecule has 0 bridgehead atoms. The maximum absolute atomic E-state index is 11.8. The maximum Gasteiger partial charge on any atom is 0.211 e. The molecule has 18 heavy (non-hydrogen) atoms. The van der Waals surface area contributed by atoms with E-state index in [2.05, 4.69) is 0 Å². The van der Waals surface area contributed by atoms with E-state index in [-0.39, 0.29) is 5.78 Å². The number of rotatable bonds is 5. The fraction of sp³-hybridized carbons (Fsp3) is 0.214. The molecule has 1 aromatic heterocycles. The third-order valence-electron chi connectivity index (χ3n) is 2.58. The van der Waals surface area contributed by atoms with E-state index < -0.39 is 0 Å². The Hall–Kier alpha value is -1.58. The molecule has 94 valence electrons. The van der Waals surface area contributed by atoms with Crippen LogP contribution in [-0.4, -0.2) is 24.3 Å². The molecular formula is C14H14ClNO2. The van der Waals surface area contributed by atoms with Gasteiger partial charge in [0.25, 0.3) is 0 Å². The second kappa shape index (κ2) is 5.85. The number of hydrogen-bond acceptors (Lipinski definition) is 3. The first-order valence-electron chi connectivity index (χ1n) is 5.65. The average Bonchev–Trinajstić information content (AvgIpc) is 2.85. The van der Waals surface area contributed by atoms with Gasteiger partial charge in [-0.25, -0.2) is 0 Å². The molecule has 0 aliphatic rings. The largest absolute Gasteiger partial charge is 0.461 e. The molecule has 0 amide bonds. The molecule has 0 atom stereocenters. The van der Waals surface area contributed by atoms with Crippen molar-refractivity contribution in [2.75, 3.05) is 13.6 Å². The molecule has 0 aliphatic carbocycles. The molecule has 0 aliphatic heterocycles. The van der Waals surface area contributed by atoms with Crippen LogP contribution in [-0.2, 0) is 6.54 Å². The van der Waals surface area contributed by atoms with Gasteiger partial charge in [-0.05, 0) is 36.9 Å². The average molecular weight is 264 g/mol. The number of halogens is 1. The summed E-state index contributed by atoms with van der Waals surface area (Å²) in [5, 5.41) is 0.716. The molecule has 0 saturated carbocycles. The van der Waals surface area contributed by atoms with E-state index in [1.54, 1.807) is 12.1 Å². The van der Waals surface area contributed by atoms with Crippen LogP contribution in [0.2, 0.25) is 5.02 Å². The number of carbonyl (C=O) groups excluding carboxylic acids is 1. The third kappa shape index (κ3) is 3.45. The Morgan fingerprint density at radius 3 is 2.61 bits per heavy atom. The van der Waals surface area contributed by atoms with E-state index in [1.807, 2.05) is 36.2 Å². The maximum atomic E-state index is 11.8. The summed E-state index contributed by atoms with van der Waals surface area (Å²) < 4.78 is 5.07. The standard InChI is InChI=1S/C14H14ClNO2/c1-16(9-11-4-6-12(15)7-5-11)10-13(17)14-3-2-8-18-14/h2-8H,9-10H2,1H3. The van der Waals surface area contributed by atoms with Gasteiger partial charge in [0, 0.05) is 11.6 Å². The van der Waals surface area contributed by atoms with E-state index >= 15 is 0 Å². The molecule has 4 heteroatoms. The van der Waals surface area contributed by atoms with Crippen molar-refractivity contribution >= 4 is 17.4 Å². The summed E-state index contributed by atoms with van der Waals surface area (Å²) >= 11 is 5.82. The summed E-state index contributed by atoms with van der Waals surface area (Å²) in [6.07, 6.45) is 1.51. The van der Waals surface area contributed by atoms with Gasteiger partial charge in [0.1, 0.15) is 0 Å². The van der Waals surface area contributed by atoms with Crippen LogP contribution in [0.3, 0.4) is 0 Å². The van der Waals surface area contributed by atoms with Gasteiger partial charge in [-0.15, -0.1) is 0 Å². The number of hydrogen-bond donors (Lipinski definition) is 0. The van der Waals surface area contributed by atoms with Crippen molar-refractivity contribution < 1.29 is 9.21 Å². The number of likely N-dealkylation sites (N-methyl/N-ethyl adjacent to an activating group) is 1. The zero-order valence-electron chi connectivity index (χ0n) is 10.1. The van der Waals surface area contributed by atoms with Crippen LogP contribution in [0.5, 0.6) is 0 Å². The number of furan rings is 1. The normalized spacial score (nSPS) is 10.8. The minimum atomic E-state index is -0.0172. The lowest BCUT2D eigenvalue weighted by molar-refractivity contribution is 0.0915. The molecule has 0 saturated heterocycles. The topological polar surface area (TPSA) is 33.5 Å². The van der Waals surface area contributed by atoms with Crippen molar-refractivity contribution in [3.63, 3.8) is 0 Å². The SMILES string of the molecule is CN(CC(=O)c1ccco1)Cc1ccc(Cl)cc1. The Balaban J connectivity index is 1.90. The molecule has 3 nitrogen and oxygen atoms in total. The molecule has 0 radical (unpaired) electrons. The zero-order valence-corrected chi connectivity index (χ0v) is 10.9. The Morgan fingerprint density at radius 1 is 1.28 bits per heavy atom. The van der Waals surface area contributed by atoms with E-state index in [0.29, 0.717) is 23.9 Å². The molecule has 2 rings (SSSR count). The van der Waals surface area contributed by atoms with Crippen LogP contribution in [0.1, 0.15) is 16.1 Å². The third-order valence-corrected chi connectivity index (χ3v) is 2.83. The van der Waals surface area contributed by atoms with E-state index in [1.165, 1.54) is 6.26 Å². The Labute approximate surface area is 111 Å². The second-order valence-corrected chi connectivity index (χ2v) is 4.64. The summed E-state index contributed by atoms with van der Waals surface area (Å²) in [6.45, 7) is 1.03. The van der Waals surface area contributed by atoms with Crippen molar-refractivity contribution in [1.29, 1.82) is 0 Å². The minimum absolute atomic E-state index is 0.0172. The van der Waals surface area contributed by atoms with Gasteiger partial charge in [0.05, 0.1) is 12.8 Å². The molecule has 0 fully saturated rings. The van der Waals surface area contributed by atoms with Gasteiger partial charge in [0.15, 0.2) is 5.76 Å². The van der Waals surface area contributed by atoms with Crippen LogP contribution in [0.4, 0.5) is 0 Å². The Bertz CT molecular complexity index is 505. The van der Waals surface area contributed by atoms with E-state index in [4.69, 9.17) is 16.0 Å². The quantitative estimate of drug-likeness (QED) is 0.777. The smallest absolute Gasteiger partial charge is 0.211 e. The van der Waals surface area contributed by atoms with Gasteiger partial charge < -0.3 is 4.42 Å². The zero-order chi connectivity index (χ0) is 13.0. The molecular weight excluding hydrogens is 250 g/mol. The number of nitrogens with zero attached hydrogens (tertiary/aromatic N) is 1. The lowest BCUT2D eigenvalue weighted by atomic mass is 10.2. The van der Waals surface area contributed by atoms with Gasteiger partial charge in [-0.3, -0.25) is 9.69 Å². The first-order chi connectivity index (χ1) is 8.65. The first-order valence-corrected chi connectivity index (χ1v) is 6.02. The van der Waals surface area contributed by atoms with E-state index in [0.717, 1.165) is 5.56 Å². The lowest BCUT2D eigenvalue weighted by Crippen LogP contribution is -2.25. The molecule has 1 aromatic carbocycles. The van der Waals surface area contributed by atoms with Crippen LogP contribution in [0, 0.1) is 0 Å². The predicted octanol–water partition coefficient (Wildman–Crippen LogP) is 3.25. The molecule has 2 aromatic rings. The minimum Gasteiger partial charge on any atom is -0.461 e. The Morgan fingerprint density at radius 2 is 2.00 bits per heavy atom. The summed E-state index contributed by atoms with van der Waals surface area (Å²) in [7, 11) is 1.90. The highest BCUT2D eigenvalue weighted by molar-refractivity contribution is 6.30. The number of Topliss-reactive ketones (excluding diaryl/α,β-unsaturated/α-hetero) is 1. The Kier molecular flexibility index (Phi) is 4.18.